The van der Waals surface area contributed by atoms with E-state index in [1.807, 2.05) is 48.8 Å². The van der Waals surface area contributed by atoms with Crippen LogP contribution in [0.3, 0.4) is 0 Å². The van der Waals surface area contributed by atoms with Crippen molar-refractivity contribution in [1.29, 1.82) is 0 Å². The summed E-state index contributed by atoms with van der Waals surface area (Å²) in [5.74, 6) is 1.49. The molecule has 226 valence electrons. The van der Waals surface area contributed by atoms with E-state index in [0.717, 1.165) is 72.4 Å². The van der Waals surface area contributed by atoms with Crippen molar-refractivity contribution < 1.29 is 4.74 Å². The van der Waals surface area contributed by atoms with E-state index in [-0.39, 0.29) is 5.41 Å². The summed E-state index contributed by atoms with van der Waals surface area (Å²) < 4.78 is 11.1. The first-order valence-corrected chi connectivity index (χ1v) is 15.9. The standard InChI is InChI=1S/C41H31N5O/c1-41(2,3)27-21-28(46-36-15-8-7-13-31(36)33-14-9-20-43-39(33)46)23-30(22-27)47-29-17-18-32-34(24-29)40-44-35(26-11-5-4-6-12-26)25-45(40)37-16-10-19-42-38(32)37/h4-25H,1-3H3. The lowest BCUT2D eigenvalue weighted by Gasteiger charge is -2.22. The Balaban J connectivity index is 1.23. The largest absolute Gasteiger partial charge is 0.457 e. The summed E-state index contributed by atoms with van der Waals surface area (Å²) >= 11 is 0. The minimum Gasteiger partial charge on any atom is -0.457 e. The molecular formula is C41H31N5O. The van der Waals surface area contributed by atoms with Gasteiger partial charge in [0.2, 0.25) is 0 Å². The van der Waals surface area contributed by atoms with Crippen LogP contribution < -0.4 is 4.74 Å². The Labute approximate surface area is 271 Å². The Bertz CT molecular complexity index is 2590. The maximum absolute atomic E-state index is 6.75. The normalized spacial score (nSPS) is 12.1. The lowest BCUT2D eigenvalue weighted by atomic mass is 9.86. The summed E-state index contributed by atoms with van der Waals surface area (Å²) in [7, 11) is 0. The van der Waals surface area contributed by atoms with E-state index < -0.39 is 0 Å². The number of fused-ring (bicyclic) bond motifs is 9. The summed E-state index contributed by atoms with van der Waals surface area (Å²) in [5, 5.41) is 4.31. The second kappa shape index (κ2) is 10.3. The molecule has 0 aliphatic rings. The number of imidazole rings is 1. The molecule has 0 fully saturated rings. The summed E-state index contributed by atoms with van der Waals surface area (Å²) in [6, 6.07) is 39.7. The van der Waals surface area contributed by atoms with Gasteiger partial charge >= 0.3 is 0 Å². The molecule has 0 N–H and O–H groups in total. The number of rotatable bonds is 4. The molecule has 9 aromatic rings. The van der Waals surface area contributed by atoms with Gasteiger partial charge < -0.3 is 4.74 Å². The number of hydrogen-bond acceptors (Lipinski definition) is 4. The number of nitrogens with zero attached hydrogens (tertiary/aromatic N) is 5. The smallest absolute Gasteiger partial charge is 0.146 e. The maximum atomic E-state index is 6.75. The SMILES string of the molecule is CC(C)(C)c1cc(Oc2ccc3c(c2)c2nc(-c4ccccc4)cn2c2cccnc32)cc(-n2c3ccccc3c3cccnc32)c1. The molecule has 5 aromatic heterocycles. The lowest BCUT2D eigenvalue weighted by molar-refractivity contribution is 0.479. The lowest BCUT2D eigenvalue weighted by Crippen LogP contribution is -2.12. The number of benzene rings is 4. The predicted octanol–water partition coefficient (Wildman–Crippen LogP) is 10.3. The van der Waals surface area contributed by atoms with Crippen LogP contribution in [0.2, 0.25) is 0 Å². The summed E-state index contributed by atoms with van der Waals surface area (Å²) in [6.07, 6.45) is 5.80. The van der Waals surface area contributed by atoms with Crippen LogP contribution in [0.5, 0.6) is 11.5 Å². The van der Waals surface area contributed by atoms with Gasteiger partial charge in [-0.1, -0.05) is 69.3 Å². The third kappa shape index (κ3) is 4.44. The Morgan fingerprint density at radius 3 is 2.23 bits per heavy atom. The van der Waals surface area contributed by atoms with Crippen LogP contribution in [0.4, 0.5) is 0 Å². The zero-order valence-corrected chi connectivity index (χ0v) is 26.3. The molecule has 0 aliphatic heterocycles. The predicted molar refractivity (Wildman–Crippen MR) is 191 cm³/mol. The fourth-order valence-electron chi connectivity index (χ4n) is 6.68. The first-order chi connectivity index (χ1) is 22.9. The average Bonchev–Trinajstić information content (AvgIpc) is 3.69. The Morgan fingerprint density at radius 2 is 1.36 bits per heavy atom. The van der Waals surface area contributed by atoms with Crippen LogP contribution >= 0.6 is 0 Å². The highest BCUT2D eigenvalue weighted by Gasteiger charge is 2.20. The van der Waals surface area contributed by atoms with E-state index >= 15 is 0 Å². The van der Waals surface area contributed by atoms with Crippen molar-refractivity contribution in [1.82, 2.24) is 23.9 Å². The monoisotopic (exact) mass is 609 g/mol. The molecule has 0 bridgehead atoms. The van der Waals surface area contributed by atoms with Gasteiger partial charge in [0.1, 0.15) is 22.8 Å². The van der Waals surface area contributed by atoms with Crippen LogP contribution in [0, 0.1) is 0 Å². The van der Waals surface area contributed by atoms with Crippen LogP contribution in [-0.4, -0.2) is 23.9 Å². The molecule has 4 aromatic carbocycles. The van der Waals surface area contributed by atoms with E-state index in [1.54, 1.807) is 0 Å². The van der Waals surface area contributed by atoms with Gasteiger partial charge in [0.15, 0.2) is 0 Å². The molecule has 5 heterocycles. The van der Waals surface area contributed by atoms with E-state index in [4.69, 9.17) is 19.7 Å². The number of hydrogen-bond donors (Lipinski definition) is 0. The summed E-state index contributed by atoms with van der Waals surface area (Å²) in [4.78, 5) is 14.7. The van der Waals surface area contributed by atoms with Gasteiger partial charge in [-0.3, -0.25) is 14.0 Å². The Morgan fingerprint density at radius 1 is 0.596 bits per heavy atom. The van der Waals surface area contributed by atoms with E-state index in [9.17, 15) is 0 Å². The van der Waals surface area contributed by atoms with Gasteiger partial charge in [-0.2, -0.15) is 0 Å². The van der Waals surface area contributed by atoms with E-state index in [1.165, 1.54) is 10.9 Å². The zero-order chi connectivity index (χ0) is 31.7. The number of para-hydroxylation sites is 1. The van der Waals surface area contributed by atoms with E-state index in [0.29, 0.717) is 0 Å². The van der Waals surface area contributed by atoms with Gasteiger partial charge in [-0.15, -0.1) is 0 Å². The minimum absolute atomic E-state index is 0.107. The highest BCUT2D eigenvalue weighted by atomic mass is 16.5. The van der Waals surface area contributed by atoms with Gasteiger partial charge in [0.05, 0.1) is 27.9 Å². The molecule has 47 heavy (non-hydrogen) atoms. The summed E-state index contributed by atoms with van der Waals surface area (Å²) in [5.41, 5.74) is 8.90. The van der Waals surface area contributed by atoms with Crippen molar-refractivity contribution in [2.24, 2.45) is 0 Å². The minimum atomic E-state index is -0.107. The highest BCUT2D eigenvalue weighted by Crippen LogP contribution is 2.38. The van der Waals surface area contributed by atoms with E-state index in [2.05, 4.69) is 115 Å². The maximum Gasteiger partial charge on any atom is 0.146 e. The first-order valence-electron chi connectivity index (χ1n) is 15.9. The topological polar surface area (TPSA) is 57.2 Å². The number of ether oxygens (including phenoxy) is 1. The van der Waals surface area contributed by atoms with Crippen LogP contribution in [0.15, 0.2) is 134 Å². The summed E-state index contributed by atoms with van der Waals surface area (Å²) in [6.45, 7) is 6.69. The Kier molecular flexibility index (Phi) is 5.96. The Hall–Kier alpha value is -6.01. The molecule has 0 aliphatic carbocycles. The molecular weight excluding hydrogens is 578 g/mol. The molecule has 6 heteroatoms. The molecule has 0 atom stereocenters. The molecule has 0 spiro atoms. The molecule has 0 amide bonds. The average molecular weight is 610 g/mol. The fraction of sp³-hybridized carbons (Fsp3) is 0.0976. The fourth-order valence-corrected chi connectivity index (χ4v) is 6.68. The molecule has 6 nitrogen and oxygen atoms in total. The van der Waals surface area contributed by atoms with Gasteiger partial charge in [-0.25, -0.2) is 9.97 Å². The molecule has 0 saturated heterocycles. The number of aromatic nitrogens is 5. The molecule has 0 unspecified atom stereocenters. The van der Waals surface area contributed by atoms with Gasteiger partial charge in [0, 0.05) is 51.8 Å². The van der Waals surface area contributed by atoms with Crippen molar-refractivity contribution in [3.8, 4) is 28.4 Å². The van der Waals surface area contributed by atoms with Crippen LogP contribution in [-0.2, 0) is 5.41 Å². The molecule has 9 rings (SSSR count). The third-order valence-electron chi connectivity index (χ3n) is 8.99. The molecule has 0 saturated carbocycles. The first kappa shape index (κ1) is 27.3. The van der Waals surface area contributed by atoms with Crippen molar-refractivity contribution in [3.05, 3.63) is 139 Å². The molecule has 0 radical (unpaired) electrons. The quantitative estimate of drug-likeness (QED) is 0.186. The second-order valence-corrected chi connectivity index (χ2v) is 13.1. The van der Waals surface area contributed by atoms with Gasteiger partial charge in [-0.05, 0) is 71.6 Å². The van der Waals surface area contributed by atoms with Gasteiger partial charge in [0.25, 0.3) is 0 Å². The number of pyridine rings is 3. The van der Waals surface area contributed by atoms with Crippen molar-refractivity contribution in [2.75, 3.05) is 0 Å². The van der Waals surface area contributed by atoms with Crippen molar-refractivity contribution in [2.45, 2.75) is 26.2 Å². The van der Waals surface area contributed by atoms with Crippen molar-refractivity contribution >= 4 is 49.4 Å². The van der Waals surface area contributed by atoms with Crippen LogP contribution in [0.1, 0.15) is 26.3 Å². The zero-order valence-electron chi connectivity index (χ0n) is 26.3. The second-order valence-electron chi connectivity index (χ2n) is 13.1. The highest BCUT2D eigenvalue weighted by molar-refractivity contribution is 6.11. The van der Waals surface area contributed by atoms with Crippen molar-refractivity contribution in [3.63, 3.8) is 0 Å². The third-order valence-corrected chi connectivity index (χ3v) is 8.99. The van der Waals surface area contributed by atoms with Crippen LogP contribution in [0.25, 0.3) is 66.3 Å².